The number of nitrogens with zero attached hydrogens (tertiary/aromatic N) is 3. The highest BCUT2D eigenvalue weighted by Gasteiger charge is 2.39. The largest absolute Gasteiger partial charge is 0.390 e. The number of amides is 2. The number of hydrogen-bond acceptors (Lipinski definition) is 4. The van der Waals surface area contributed by atoms with Crippen LogP contribution in [-0.4, -0.2) is 83.0 Å². The Hall–Kier alpha value is -3.19. The number of hydrogen-bond donors (Lipinski definition) is 1. The van der Waals surface area contributed by atoms with Crippen molar-refractivity contribution in [1.29, 1.82) is 0 Å². The highest BCUT2D eigenvalue weighted by Crippen LogP contribution is 2.23. The van der Waals surface area contributed by atoms with Crippen molar-refractivity contribution >= 4 is 23.4 Å². The molecule has 0 aliphatic carbocycles. The molecule has 2 aliphatic heterocycles. The van der Waals surface area contributed by atoms with Gasteiger partial charge >= 0.3 is 0 Å². The average molecular weight is 504 g/mol. The van der Waals surface area contributed by atoms with Crippen LogP contribution in [0.1, 0.15) is 31.8 Å². The second-order valence-electron chi connectivity index (χ2n) is 9.50. The lowest BCUT2D eigenvalue weighted by molar-refractivity contribution is 0.0376. The molecule has 3 aromatic carbocycles. The quantitative estimate of drug-likeness (QED) is 0.578. The summed E-state index contributed by atoms with van der Waals surface area (Å²) in [4.78, 5) is 32.1. The van der Waals surface area contributed by atoms with E-state index in [9.17, 15) is 14.7 Å². The summed E-state index contributed by atoms with van der Waals surface area (Å²) in [7, 11) is 0. The summed E-state index contributed by atoms with van der Waals surface area (Å²) >= 11 is 5.94. The molecule has 2 amide bonds. The number of rotatable bonds is 5. The number of piperazine rings is 1. The van der Waals surface area contributed by atoms with E-state index in [1.54, 1.807) is 29.2 Å². The van der Waals surface area contributed by atoms with Crippen LogP contribution in [0.25, 0.3) is 0 Å². The summed E-state index contributed by atoms with van der Waals surface area (Å²) in [6.07, 6.45) is 0.0698. The number of aliphatic hydroxyl groups is 1. The maximum atomic E-state index is 13.5. The van der Waals surface area contributed by atoms with E-state index < -0.39 is 6.10 Å². The fourth-order valence-electron chi connectivity index (χ4n) is 5.20. The zero-order valence-electron chi connectivity index (χ0n) is 20.1. The zero-order chi connectivity index (χ0) is 25.1. The molecule has 0 bridgehead atoms. The van der Waals surface area contributed by atoms with Crippen LogP contribution in [0.3, 0.4) is 0 Å². The normalized spacial score (nSPS) is 20.5. The van der Waals surface area contributed by atoms with E-state index in [0.717, 1.165) is 11.1 Å². The minimum Gasteiger partial charge on any atom is -0.390 e. The smallest absolute Gasteiger partial charge is 0.254 e. The molecule has 2 atom stereocenters. The summed E-state index contributed by atoms with van der Waals surface area (Å²) in [5.41, 5.74) is 3.45. The van der Waals surface area contributed by atoms with Crippen molar-refractivity contribution < 1.29 is 14.7 Å². The Labute approximate surface area is 216 Å². The molecule has 1 N–H and O–H groups in total. The van der Waals surface area contributed by atoms with E-state index in [1.165, 1.54) is 0 Å². The number of likely N-dealkylation sites (tertiary alicyclic amines) is 1. The molecule has 0 radical (unpaired) electrons. The number of β-amino-alcohol motifs (C(OH)–C–C–N with tert-alkyl or cyclic N) is 1. The Balaban J connectivity index is 1.21. The Morgan fingerprint density at radius 1 is 0.778 bits per heavy atom. The van der Waals surface area contributed by atoms with Crippen molar-refractivity contribution in [3.63, 3.8) is 0 Å². The lowest BCUT2D eigenvalue weighted by Gasteiger charge is -2.38. The Bertz CT molecular complexity index is 1210. The van der Waals surface area contributed by atoms with E-state index >= 15 is 0 Å². The summed E-state index contributed by atoms with van der Waals surface area (Å²) in [5.74, 6) is -0.0512. The molecule has 2 saturated heterocycles. The van der Waals surface area contributed by atoms with Crippen LogP contribution in [0.2, 0.25) is 5.02 Å². The predicted octanol–water partition coefficient (Wildman–Crippen LogP) is 3.57. The van der Waals surface area contributed by atoms with E-state index in [1.807, 2.05) is 47.4 Å². The third-order valence-electron chi connectivity index (χ3n) is 7.19. The first-order chi connectivity index (χ1) is 17.5. The molecule has 36 heavy (non-hydrogen) atoms. The standard InChI is InChI=1S/C29H30ClN3O3/c30-24-12-10-22(11-13-24)28(35)32-16-14-31(15-17-32)26-19-33(20-27(26)34)29(36)25-9-5-4-8-23(25)18-21-6-2-1-3-7-21/h1-13,26-27,34H,14-20H2/t26-,27-/m1/s1. The van der Waals surface area contributed by atoms with Gasteiger partial charge in [0, 0.05) is 55.4 Å². The van der Waals surface area contributed by atoms with Gasteiger partial charge in [-0.15, -0.1) is 0 Å². The average Bonchev–Trinajstić information content (AvgIpc) is 3.31. The topological polar surface area (TPSA) is 64.1 Å². The molecule has 0 unspecified atom stereocenters. The highest BCUT2D eigenvalue weighted by molar-refractivity contribution is 6.30. The minimum absolute atomic E-state index is 0.00915. The number of carbonyl (C=O) groups is 2. The molecule has 2 heterocycles. The van der Waals surface area contributed by atoms with E-state index in [2.05, 4.69) is 17.0 Å². The van der Waals surface area contributed by atoms with Gasteiger partial charge in [-0.1, -0.05) is 60.1 Å². The molecule has 6 nitrogen and oxygen atoms in total. The van der Waals surface area contributed by atoms with Gasteiger partial charge in [0.15, 0.2) is 0 Å². The van der Waals surface area contributed by atoms with Gasteiger partial charge in [0.1, 0.15) is 0 Å². The van der Waals surface area contributed by atoms with Crippen molar-refractivity contribution in [2.75, 3.05) is 39.3 Å². The molecule has 7 heteroatoms. The molecule has 0 saturated carbocycles. The van der Waals surface area contributed by atoms with E-state index in [0.29, 0.717) is 61.8 Å². The summed E-state index contributed by atoms with van der Waals surface area (Å²) in [5, 5.41) is 11.5. The maximum Gasteiger partial charge on any atom is 0.254 e. The third kappa shape index (κ3) is 5.31. The van der Waals surface area contributed by atoms with Crippen LogP contribution in [-0.2, 0) is 6.42 Å². The minimum atomic E-state index is -0.617. The van der Waals surface area contributed by atoms with Gasteiger partial charge in [-0.25, -0.2) is 0 Å². The first kappa shape index (κ1) is 24.5. The second-order valence-corrected chi connectivity index (χ2v) is 9.94. The zero-order valence-corrected chi connectivity index (χ0v) is 20.8. The van der Waals surface area contributed by atoms with Crippen molar-refractivity contribution in [1.82, 2.24) is 14.7 Å². The highest BCUT2D eigenvalue weighted by atomic mass is 35.5. The van der Waals surface area contributed by atoms with Crippen LogP contribution in [0.4, 0.5) is 0 Å². The summed E-state index contributed by atoms with van der Waals surface area (Å²) < 4.78 is 0. The fourth-order valence-corrected chi connectivity index (χ4v) is 5.32. The lowest BCUT2D eigenvalue weighted by Crippen LogP contribution is -2.54. The van der Waals surface area contributed by atoms with Gasteiger partial charge in [0.2, 0.25) is 0 Å². The van der Waals surface area contributed by atoms with Gasteiger partial charge < -0.3 is 14.9 Å². The van der Waals surface area contributed by atoms with Crippen LogP contribution >= 0.6 is 11.6 Å². The van der Waals surface area contributed by atoms with Crippen molar-refractivity contribution in [2.45, 2.75) is 18.6 Å². The van der Waals surface area contributed by atoms with Gasteiger partial charge in [-0.2, -0.15) is 0 Å². The monoisotopic (exact) mass is 503 g/mol. The molecule has 2 aliphatic rings. The molecule has 186 valence electrons. The first-order valence-electron chi connectivity index (χ1n) is 12.4. The Morgan fingerprint density at radius 2 is 1.44 bits per heavy atom. The first-order valence-corrected chi connectivity index (χ1v) is 12.8. The van der Waals surface area contributed by atoms with Crippen LogP contribution in [0.5, 0.6) is 0 Å². The molecule has 5 rings (SSSR count). The fraction of sp³-hybridized carbons (Fsp3) is 0.310. The van der Waals surface area contributed by atoms with Crippen molar-refractivity contribution in [2.24, 2.45) is 0 Å². The second kappa shape index (κ2) is 10.8. The Kier molecular flexibility index (Phi) is 7.37. The molecular weight excluding hydrogens is 474 g/mol. The summed E-state index contributed by atoms with van der Waals surface area (Å²) in [6, 6.07) is 24.7. The van der Waals surface area contributed by atoms with Crippen molar-refractivity contribution in [3.8, 4) is 0 Å². The van der Waals surface area contributed by atoms with Gasteiger partial charge in [-0.05, 0) is 47.9 Å². The van der Waals surface area contributed by atoms with Gasteiger partial charge in [0.25, 0.3) is 11.8 Å². The number of carbonyl (C=O) groups excluding carboxylic acids is 2. The number of benzene rings is 3. The van der Waals surface area contributed by atoms with Crippen LogP contribution in [0.15, 0.2) is 78.9 Å². The molecule has 0 spiro atoms. The number of halogens is 1. The number of aliphatic hydroxyl groups excluding tert-OH is 1. The van der Waals surface area contributed by atoms with E-state index in [4.69, 9.17) is 11.6 Å². The lowest BCUT2D eigenvalue weighted by atomic mass is 9.99. The maximum absolute atomic E-state index is 13.5. The predicted molar refractivity (Wildman–Crippen MR) is 140 cm³/mol. The van der Waals surface area contributed by atoms with Gasteiger partial charge in [0.05, 0.1) is 12.1 Å². The molecular formula is C29H30ClN3O3. The van der Waals surface area contributed by atoms with Crippen LogP contribution < -0.4 is 0 Å². The Morgan fingerprint density at radius 3 is 2.17 bits per heavy atom. The SMILES string of the molecule is O=C(c1ccc(Cl)cc1)N1CCN([C@@H]2CN(C(=O)c3ccccc3Cc3ccccc3)C[C@H]2O)CC1. The van der Waals surface area contributed by atoms with E-state index in [-0.39, 0.29) is 17.9 Å². The molecule has 3 aromatic rings. The molecule has 2 fully saturated rings. The molecule has 0 aromatic heterocycles. The summed E-state index contributed by atoms with van der Waals surface area (Å²) in [6.45, 7) is 3.27. The van der Waals surface area contributed by atoms with Crippen molar-refractivity contribution in [3.05, 3.63) is 106 Å². The third-order valence-corrected chi connectivity index (χ3v) is 7.45. The van der Waals surface area contributed by atoms with Crippen LogP contribution in [0, 0.1) is 0 Å². The van der Waals surface area contributed by atoms with Gasteiger partial charge in [-0.3, -0.25) is 14.5 Å².